The van der Waals surface area contributed by atoms with Crippen LogP contribution in [0.15, 0.2) is 12.4 Å². The fraction of sp³-hybridized carbons (Fsp3) is 0.750. The molecule has 0 saturated carbocycles. The van der Waals surface area contributed by atoms with Gasteiger partial charge in [-0.15, -0.1) is 0 Å². The van der Waals surface area contributed by atoms with E-state index in [1.165, 1.54) is 4.31 Å². The molecule has 0 saturated heterocycles. The first-order chi connectivity index (χ1) is 9.05. The maximum atomic E-state index is 12.3. The van der Waals surface area contributed by atoms with Gasteiger partial charge in [0.25, 0.3) is 10.2 Å². The smallest absolute Gasteiger partial charge is 0.280 e. The third-order valence-corrected chi connectivity index (χ3v) is 4.46. The van der Waals surface area contributed by atoms with Gasteiger partial charge in [-0.1, -0.05) is 20.8 Å². The molecule has 1 rings (SSSR count). The summed E-state index contributed by atoms with van der Waals surface area (Å²) in [4.78, 5) is 7.08. The van der Waals surface area contributed by atoms with Gasteiger partial charge >= 0.3 is 0 Å². The first kappa shape index (κ1) is 16.1. The standard InChI is InChI=1S/C12H24N4O2S/c1-4-9-16(10-5-2)19(17,18)15-11(6-3)12-13-7-8-14-12/h7-8,11,15H,4-6,9-10H2,1-3H3,(H,13,14). The molecule has 1 aromatic rings. The van der Waals surface area contributed by atoms with Gasteiger partial charge in [-0.05, 0) is 19.3 Å². The fourth-order valence-corrected chi connectivity index (χ4v) is 3.54. The summed E-state index contributed by atoms with van der Waals surface area (Å²) < 4.78 is 28.9. The van der Waals surface area contributed by atoms with Gasteiger partial charge < -0.3 is 4.98 Å². The average Bonchev–Trinajstić information content (AvgIpc) is 2.89. The van der Waals surface area contributed by atoms with Crippen LogP contribution in [0.4, 0.5) is 0 Å². The number of nitrogens with zero attached hydrogens (tertiary/aromatic N) is 2. The first-order valence-electron chi connectivity index (χ1n) is 6.81. The summed E-state index contributed by atoms with van der Waals surface area (Å²) in [7, 11) is -3.46. The van der Waals surface area contributed by atoms with Crippen LogP contribution in [0.5, 0.6) is 0 Å². The van der Waals surface area contributed by atoms with E-state index < -0.39 is 10.2 Å². The van der Waals surface area contributed by atoms with E-state index >= 15 is 0 Å². The Labute approximate surface area is 115 Å². The Balaban J connectivity index is 2.81. The minimum atomic E-state index is -3.46. The zero-order chi connectivity index (χ0) is 14.3. The summed E-state index contributed by atoms with van der Waals surface area (Å²) >= 11 is 0. The van der Waals surface area contributed by atoms with E-state index in [9.17, 15) is 8.42 Å². The van der Waals surface area contributed by atoms with Crippen molar-refractivity contribution >= 4 is 10.2 Å². The molecule has 0 radical (unpaired) electrons. The highest BCUT2D eigenvalue weighted by Crippen LogP contribution is 2.14. The Morgan fingerprint density at radius 1 is 1.32 bits per heavy atom. The predicted molar refractivity (Wildman–Crippen MR) is 75.8 cm³/mol. The molecule has 0 spiro atoms. The molecule has 0 amide bonds. The van der Waals surface area contributed by atoms with Gasteiger partial charge in [0.15, 0.2) is 0 Å². The Morgan fingerprint density at radius 3 is 2.37 bits per heavy atom. The minimum Gasteiger partial charge on any atom is -0.347 e. The first-order valence-corrected chi connectivity index (χ1v) is 8.25. The van der Waals surface area contributed by atoms with Crippen LogP contribution in [0.3, 0.4) is 0 Å². The van der Waals surface area contributed by atoms with Crippen LogP contribution in [0.1, 0.15) is 51.9 Å². The molecule has 0 aliphatic rings. The SMILES string of the molecule is CCCN(CCC)S(=O)(=O)NC(CC)c1ncc[nH]1. The van der Waals surface area contributed by atoms with Gasteiger partial charge in [-0.3, -0.25) is 0 Å². The van der Waals surface area contributed by atoms with Crippen LogP contribution in [0.2, 0.25) is 0 Å². The molecule has 0 aromatic carbocycles. The molecule has 1 unspecified atom stereocenters. The van der Waals surface area contributed by atoms with Crippen LogP contribution < -0.4 is 4.72 Å². The maximum absolute atomic E-state index is 12.3. The summed E-state index contributed by atoms with van der Waals surface area (Å²) in [5.74, 6) is 0.652. The van der Waals surface area contributed by atoms with Crippen molar-refractivity contribution < 1.29 is 8.42 Å². The van der Waals surface area contributed by atoms with Crippen molar-refractivity contribution in [3.05, 3.63) is 18.2 Å². The third kappa shape index (κ3) is 4.59. The molecule has 0 aliphatic carbocycles. The maximum Gasteiger partial charge on any atom is 0.280 e. The second-order valence-corrected chi connectivity index (χ2v) is 6.16. The Bertz CT molecular complexity index is 438. The largest absolute Gasteiger partial charge is 0.347 e. The molecule has 1 heterocycles. The lowest BCUT2D eigenvalue weighted by Crippen LogP contribution is -2.43. The molecule has 1 atom stereocenters. The van der Waals surface area contributed by atoms with Crippen molar-refractivity contribution in [1.82, 2.24) is 19.0 Å². The van der Waals surface area contributed by atoms with E-state index in [1.807, 2.05) is 20.8 Å². The Kier molecular flexibility index (Phi) is 6.47. The summed E-state index contributed by atoms with van der Waals surface area (Å²) in [5.41, 5.74) is 0. The number of nitrogens with one attached hydrogen (secondary N) is 2. The molecule has 7 heteroatoms. The van der Waals surface area contributed by atoms with Crippen LogP contribution in [0, 0.1) is 0 Å². The van der Waals surface area contributed by atoms with E-state index in [0.29, 0.717) is 25.3 Å². The molecule has 2 N–H and O–H groups in total. The van der Waals surface area contributed by atoms with Gasteiger partial charge in [0, 0.05) is 25.5 Å². The second-order valence-electron chi connectivity index (χ2n) is 4.46. The summed E-state index contributed by atoms with van der Waals surface area (Å²) in [5, 5.41) is 0. The molecule has 19 heavy (non-hydrogen) atoms. The minimum absolute atomic E-state index is 0.309. The van der Waals surface area contributed by atoms with Crippen LogP contribution in [-0.4, -0.2) is 35.8 Å². The van der Waals surface area contributed by atoms with Crippen molar-refractivity contribution in [3.8, 4) is 0 Å². The lowest BCUT2D eigenvalue weighted by Gasteiger charge is -2.24. The quantitative estimate of drug-likeness (QED) is 0.727. The number of H-pyrrole nitrogens is 1. The molecule has 0 aliphatic heterocycles. The van der Waals surface area contributed by atoms with E-state index in [0.717, 1.165) is 12.8 Å². The fourth-order valence-electron chi connectivity index (χ4n) is 1.91. The zero-order valence-corrected chi connectivity index (χ0v) is 12.7. The number of aromatic amines is 1. The van der Waals surface area contributed by atoms with E-state index in [2.05, 4.69) is 14.7 Å². The number of imidazole rings is 1. The number of hydrogen-bond acceptors (Lipinski definition) is 3. The van der Waals surface area contributed by atoms with Crippen molar-refractivity contribution in [1.29, 1.82) is 0 Å². The Morgan fingerprint density at radius 2 is 1.95 bits per heavy atom. The number of aromatic nitrogens is 2. The van der Waals surface area contributed by atoms with Crippen molar-refractivity contribution in [3.63, 3.8) is 0 Å². The molecule has 0 fully saturated rings. The van der Waals surface area contributed by atoms with E-state index in [4.69, 9.17) is 0 Å². The summed E-state index contributed by atoms with van der Waals surface area (Å²) in [6.45, 7) is 6.96. The molecule has 1 aromatic heterocycles. The number of rotatable bonds is 9. The predicted octanol–water partition coefficient (Wildman–Crippen LogP) is 1.82. The summed E-state index contributed by atoms with van der Waals surface area (Å²) in [6, 6.07) is -0.309. The zero-order valence-electron chi connectivity index (χ0n) is 11.9. The lowest BCUT2D eigenvalue weighted by molar-refractivity contribution is 0.393. The highest BCUT2D eigenvalue weighted by Gasteiger charge is 2.25. The van der Waals surface area contributed by atoms with Crippen molar-refractivity contribution in [2.45, 2.75) is 46.1 Å². The van der Waals surface area contributed by atoms with Gasteiger partial charge in [0.1, 0.15) is 5.82 Å². The molecule has 0 bridgehead atoms. The normalized spacial score (nSPS) is 13.9. The number of hydrogen-bond donors (Lipinski definition) is 2. The monoisotopic (exact) mass is 288 g/mol. The Hall–Kier alpha value is -0.920. The van der Waals surface area contributed by atoms with Gasteiger partial charge in [0.2, 0.25) is 0 Å². The third-order valence-electron chi connectivity index (χ3n) is 2.83. The molecule has 110 valence electrons. The van der Waals surface area contributed by atoms with Crippen LogP contribution in [0.25, 0.3) is 0 Å². The van der Waals surface area contributed by atoms with Gasteiger partial charge in [-0.2, -0.15) is 17.4 Å². The van der Waals surface area contributed by atoms with Gasteiger partial charge in [-0.25, -0.2) is 4.98 Å². The van der Waals surface area contributed by atoms with Gasteiger partial charge in [0.05, 0.1) is 6.04 Å². The van der Waals surface area contributed by atoms with E-state index in [1.54, 1.807) is 12.4 Å². The molecule has 6 nitrogen and oxygen atoms in total. The highest BCUT2D eigenvalue weighted by molar-refractivity contribution is 7.87. The summed E-state index contributed by atoms with van der Waals surface area (Å²) in [6.07, 6.45) is 5.58. The van der Waals surface area contributed by atoms with Crippen LogP contribution >= 0.6 is 0 Å². The second kappa shape index (κ2) is 7.62. The average molecular weight is 288 g/mol. The topological polar surface area (TPSA) is 78.1 Å². The van der Waals surface area contributed by atoms with Crippen molar-refractivity contribution in [2.75, 3.05) is 13.1 Å². The van der Waals surface area contributed by atoms with Crippen LogP contribution in [-0.2, 0) is 10.2 Å². The molecular weight excluding hydrogens is 264 g/mol. The van der Waals surface area contributed by atoms with E-state index in [-0.39, 0.29) is 6.04 Å². The highest BCUT2D eigenvalue weighted by atomic mass is 32.2. The molecular formula is C12H24N4O2S. The lowest BCUT2D eigenvalue weighted by atomic mass is 10.2. The van der Waals surface area contributed by atoms with Crippen molar-refractivity contribution in [2.24, 2.45) is 0 Å².